The van der Waals surface area contributed by atoms with E-state index in [1.165, 1.54) is 17.0 Å². The van der Waals surface area contributed by atoms with Crippen molar-refractivity contribution in [2.45, 2.75) is 43.8 Å². The molecule has 0 bridgehead atoms. The number of hydrogen-bond acceptors (Lipinski definition) is 6. The lowest BCUT2D eigenvalue weighted by Gasteiger charge is -2.34. The van der Waals surface area contributed by atoms with Gasteiger partial charge in [-0.1, -0.05) is 72.3 Å². The van der Waals surface area contributed by atoms with Crippen molar-refractivity contribution >= 4 is 39.1 Å². The van der Waals surface area contributed by atoms with Crippen molar-refractivity contribution in [1.29, 1.82) is 0 Å². The van der Waals surface area contributed by atoms with Crippen molar-refractivity contribution in [3.05, 3.63) is 119 Å². The van der Waals surface area contributed by atoms with Gasteiger partial charge in [0.25, 0.3) is 10.0 Å². The van der Waals surface area contributed by atoms with E-state index in [1.807, 2.05) is 44.2 Å². The zero-order chi connectivity index (χ0) is 32.7. The molecule has 1 heterocycles. The van der Waals surface area contributed by atoms with E-state index < -0.39 is 28.5 Å². The van der Waals surface area contributed by atoms with Crippen LogP contribution in [0.5, 0.6) is 11.5 Å². The van der Waals surface area contributed by atoms with E-state index in [-0.39, 0.29) is 35.5 Å². The van der Waals surface area contributed by atoms with E-state index in [4.69, 9.17) is 21.1 Å². The molecule has 0 saturated carbocycles. The second kappa shape index (κ2) is 14.7. The highest BCUT2D eigenvalue weighted by Crippen LogP contribution is 2.36. The summed E-state index contributed by atoms with van der Waals surface area (Å²) >= 11 is 6.15. The Bertz CT molecular complexity index is 1750. The van der Waals surface area contributed by atoms with Crippen LogP contribution in [0.4, 0.5) is 5.69 Å². The lowest BCUT2D eigenvalue weighted by Crippen LogP contribution is -2.54. The van der Waals surface area contributed by atoms with E-state index in [0.717, 1.165) is 15.4 Å². The van der Waals surface area contributed by atoms with Gasteiger partial charge in [0.15, 0.2) is 11.5 Å². The summed E-state index contributed by atoms with van der Waals surface area (Å²) in [4.78, 5) is 29.8. The average molecular weight is 662 g/mol. The van der Waals surface area contributed by atoms with Gasteiger partial charge in [-0.2, -0.15) is 0 Å². The van der Waals surface area contributed by atoms with E-state index in [9.17, 15) is 18.0 Å². The van der Waals surface area contributed by atoms with Crippen molar-refractivity contribution in [2.75, 3.05) is 24.1 Å². The van der Waals surface area contributed by atoms with E-state index in [1.54, 1.807) is 60.7 Å². The minimum absolute atomic E-state index is 0.0142. The number of nitrogens with zero attached hydrogens (tertiary/aromatic N) is 2. The second-order valence-corrected chi connectivity index (χ2v) is 13.5. The van der Waals surface area contributed by atoms with Crippen molar-refractivity contribution in [3.63, 3.8) is 0 Å². The van der Waals surface area contributed by atoms with Crippen molar-refractivity contribution in [1.82, 2.24) is 10.2 Å². The first-order valence-electron chi connectivity index (χ1n) is 15.0. The molecule has 9 nitrogen and oxygen atoms in total. The summed E-state index contributed by atoms with van der Waals surface area (Å²) in [6, 6.07) is 27.9. The Morgan fingerprint density at radius 3 is 2.11 bits per heavy atom. The van der Waals surface area contributed by atoms with Crippen LogP contribution in [0.3, 0.4) is 0 Å². The first kappa shape index (κ1) is 32.8. The van der Waals surface area contributed by atoms with Crippen LogP contribution in [0, 0.1) is 0 Å². The summed E-state index contributed by atoms with van der Waals surface area (Å²) in [5.74, 6) is -0.0566. The highest BCUT2D eigenvalue weighted by Gasteiger charge is 2.35. The van der Waals surface area contributed by atoms with Crippen LogP contribution in [0.1, 0.15) is 25.0 Å². The van der Waals surface area contributed by atoms with Crippen LogP contribution in [0.2, 0.25) is 5.02 Å². The summed E-state index contributed by atoms with van der Waals surface area (Å²) in [7, 11) is -4.24. The number of nitrogens with one attached hydrogen (secondary N) is 1. The first-order valence-corrected chi connectivity index (χ1v) is 16.8. The van der Waals surface area contributed by atoms with Crippen LogP contribution in [0.25, 0.3) is 0 Å². The van der Waals surface area contributed by atoms with Gasteiger partial charge < -0.3 is 19.7 Å². The predicted octanol–water partition coefficient (Wildman–Crippen LogP) is 5.47. The average Bonchev–Trinajstić information content (AvgIpc) is 3.06. The van der Waals surface area contributed by atoms with Gasteiger partial charge in [0, 0.05) is 30.1 Å². The highest BCUT2D eigenvalue weighted by molar-refractivity contribution is 7.92. The molecule has 0 saturated heterocycles. The van der Waals surface area contributed by atoms with Crippen molar-refractivity contribution in [3.8, 4) is 11.5 Å². The number of anilines is 1. The summed E-state index contributed by atoms with van der Waals surface area (Å²) in [6.45, 7) is 3.83. The number of sulfonamides is 1. The summed E-state index contributed by atoms with van der Waals surface area (Å²) in [5, 5.41) is 3.48. The number of benzene rings is 4. The Labute approximate surface area is 274 Å². The number of carbonyl (C=O) groups excluding carboxylic acids is 2. The molecule has 46 heavy (non-hydrogen) atoms. The molecule has 11 heteroatoms. The fourth-order valence-corrected chi connectivity index (χ4v) is 6.71. The van der Waals surface area contributed by atoms with Crippen LogP contribution in [-0.2, 0) is 32.6 Å². The molecule has 0 spiro atoms. The number of fused-ring (bicyclic) bond motifs is 1. The lowest BCUT2D eigenvalue weighted by atomic mass is 10.0. The Kier molecular flexibility index (Phi) is 10.5. The quantitative estimate of drug-likeness (QED) is 0.216. The molecule has 4 aromatic rings. The number of hydrogen-bond donors (Lipinski definition) is 1. The molecule has 240 valence electrons. The van der Waals surface area contributed by atoms with Gasteiger partial charge in [-0.05, 0) is 61.4 Å². The summed E-state index contributed by atoms with van der Waals surface area (Å²) in [5.41, 5.74) is 1.80. The smallest absolute Gasteiger partial charge is 0.264 e. The fourth-order valence-electron chi connectivity index (χ4n) is 5.16. The Morgan fingerprint density at radius 2 is 1.46 bits per heavy atom. The zero-order valence-electron chi connectivity index (χ0n) is 25.6. The maximum atomic E-state index is 14.5. The number of rotatable bonds is 12. The number of amides is 2. The first-order chi connectivity index (χ1) is 22.1. The van der Waals surface area contributed by atoms with Gasteiger partial charge in [0.2, 0.25) is 11.8 Å². The van der Waals surface area contributed by atoms with Crippen molar-refractivity contribution in [2.24, 2.45) is 0 Å². The molecule has 5 rings (SSSR count). The molecule has 4 aromatic carbocycles. The lowest BCUT2D eigenvalue weighted by molar-refractivity contribution is -0.140. The SMILES string of the molecule is CC(C)NC(=O)C(Cc1ccccc1)N(Cc1ccc(Cl)cc1)C(=O)CN(c1ccc2c(c1)OCCO2)S(=O)(=O)c1ccccc1. The predicted molar refractivity (Wildman–Crippen MR) is 178 cm³/mol. The van der Waals surface area contributed by atoms with Crippen molar-refractivity contribution < 1.29 is 27.5 Å². The molecule has 1 unspecified atom stereocenters. The Balaban J connectivity index is 1.58. The molecule has 0 aliphatic carbocycles. The van der Waals surface area contributed by atoms with Crippen LogP contribution in [-0.4, -0.2) is 57.0 Å². The fraction of sp³-hybridized carbons (Fsp3) is 0.257. The third kappa shape index (κ3) is 7.99. The van der Waals surface area contributed by atoms with E-state index >= 15 is 0 Å². The van der Waals surface area contributed by atoms with Gasteiger partial charge in [0.05, 0.1) is 10.6 Å². The molecule has 0 fully saturated rings. The van der Waals surface area contributed by atoms with E-state index in [2.05, 4.69) is 5.32 Å². The molecule has 1 N–H and O–H groups in total. The summed E-state index contributed by atoms with van der Waals surface area (Å²) < 4.78 is 40.8. The standard InChI is InChI=1S/C35H36ClN3O6S/c1-25(2)37-35(41)31(21-26-9-5-3-6-10-26)38(23-27-13-15-28(36)16-14-27)34(40)24-39(46(42,43)30-11-7-4-8-12-30)29-17-18-32-33(22-29)45-20-19-44-32/h3-18,22,25,31H,19-21,23-24H2,1-2H3,(H,37,41). The zero-order valence-corrected chi connectivity index (χ0v) is 27.2. The minimum atomic E-state index is -4.24. The maximum absolute atomic E-state index is 14.5. The number of ether oxygens (including phenoxy) is 2. The minimum Gasteiger partial charge on any atom is -0.486 e. The van der Waals surface area contributed by atoms with Crippen LogP contribution >= 0.6 is 11.6 Å². The van der Waals surface area contributed by atoms with Gasteiger partial charge in [-0.25, -0.2) is 8.42 Å². The Morgan fingerprint density at radius 1 is 0.826 bits per heavy atom. The topological polar surface area (TPSA) is 105 Å². The molecule has 0 aromatic heterocycles. The monoisotopic (exact) mass is 661 g/mol. The third-order valence-electron chi connectivity index (χ3n) is 7.39. The molecular formula is C35H36ClN3O6S. The maximum Gasteiger partial charge on any atom is 0.264 e. The molecule has 1 atom stereocenters. The van der Waals surface area contributed by atoms with E-state index in [0.29, 0.717) is 29.7 Å². The number of carbonyl (C=O) groups is 2. The molecule has 0 radical (unpaired) electrons. The molecule has 1 aliphatic rings. The molecule has 1 aliphatic heterocycles. The van der Waals surface area contributed by atoms with Gasteiger partial charge in [0.1, 0.15) is 25.8 Å². The highest BCUT2D eigenvalue weighted by atomic mass is 35.5. The van der Waals surface area contributed by atoms with Gasteiger partial charge in [-0.15, -0.1) is 0 Å². The van der Waals surface area contributed by atoms with Crippen LogP contribution in [0.15, 0.2) is 108 Å². The summed E-state index contributed by atoms with van der Waals surface area (Å²) in [6.07, 6.45) is 0.216. The largest absolute Gasteiger partial charge is 0.486 e. The Hall–Kier alpha value is -4.54. The van der Waals surface area contributed by atoms with Crippen LogP contribution < -0.4 is 19.1 Å². The van der Waals surface area contributed by atoms with Gasteiger partial charge in [-0.3, -0.25) is 13.9 Å². The molecule has 2 amide bonds. The third-order valence-corrected chi connectivity index (χ3v) is 9.43. The number of halogens is 1. The normalized spacial score (nSPS) is 13.1. The van der Waals surface area contributed by atoms with Gasteiger partial charge >= 0.3 is 0 Å². The molecular weight excluding hydrogens is 626 g/mol. The second-order valence-electron chi connectivity index (χ2n) is 11.2.